The maximum atomic E-state index is 11.9. The molecule has 0 aliphatic carbocycles. The Morgan fingerprint density at radius 1 is 1.21 bits per heavy atom. The topological polar surface area (TPSA) is 92.7 Å². The Bertz CT molecular complexity index is 665. The number of aromatic nitrogens is 4. The first kappa shape index (κ1) is 18.3. The first-order valence-electron chi connectivity index (χ1n) is 8.10. The number of carbonyl (C=O) groups is 1. The molecule has 0 saturated carbocycles. The summed E-state index contributed by atoms with van der Waals surface area (Å²) in [4.78, 5) is 20.5. The highest BCUT2D eigenvalue weighted by atomic mass is 32.1. The minimum atomic E-state index is -0.0506. The number of hydrogen-bond acceptors (Lipinski definition) is 7. The zero-order chi connectivity index (χ0) is 17.5. The maximum Gasteiger partial charge on any atom is 0.226 e. The molecule has 2 N–H and O–H groups in total. The molecule has 0 aliphatic rings. The summed E-state index contributed by atoms with van der Waals surface area (Å²) in [7, 11) is 0. The summed E-state index contributed by atoms with van der Waals surface area (Å²) in [6, 6.07) is 1.92. The van der Waals surface area contributed by atoms with Gasteiger partial charge in [0.25, 0.3) is 0 Å². The van der Waals surface area contributed by atoms with Crippen molar-refractivity contribution in [2.24, 2.45) is 5.92 Å². The molecule has 2 aromatic heterocycles. The fraction of sp³-hybridized carbons (Fsp3) is 0.562. The van der Waals surface area contributed by atoms with Gasteiger partial charge in [-0.1, -0.05) is 25.2 Å². The van der Waals surface area contributed by atoms with Gasteiger partial charge in [0.1, 0.15) is 5.01 Å². The molecule has 0 atom stereocenters. The molecule has 0 aliphatic heterocycles. The lowest BCUT2D eigenvalue weighted by Crippen LogP contribution is -2.14. The van der Waals surface area contributed by atoms with Crippen molar-refractivity contribution in [1.29, 1.82) is 0 Å². The van der Waals surface area contributed by atoms with Crippen LogP contribution >= 0.6 is 11.3 Å². The molecule has 0 saturated heterocycles. The molecule has 8 heteroatoms. The molecule has 0 aromatic carbocycles. The van der Waals surface area contributed by atoms with E-state index in [1.807, 2.05) is 19.9 Å². The van der Waals surface area contributed by atoms with Gasteiger partial charge in [-0.25, -0.2) is 9.97 Å². The van der Waals surface area contributed by atoms with Crippen LogP contribution < -0.4 is 10.6 Å². The monoisotopic (exact) mass is 348 g/mol. The molecule has 0 radical (unpaired) electrons. The summed E-state index contributed by atoms with van der Waals surface area (Å²) >= 11 is 1.44. The molecule has 2 heterocycles. The van der Waals surface area contributed by atoms with Crippen LogP contribution in [0.5, 0.6) is 0 Å². The molecular formula is C16H24N6OS. The van der Waals surface area contributed by atoms with E-state index in [-0.39, 0.29) is 5.91 Å². The fourth-order valence-electron chi connectivity index (χ4n) is 2.17. The maximum absolute atomic E-state index is 11.9. The summed E-state index contributed by atoms with van der Waals surface area (Å²) in [6.45, 7) is 8.77. The molecule has 1 amide bonds. The van der Waals surface area contributed by atoms with Crippen LogP contribution in [0, 0.1) is 19.8 Å². The minimum Gasteiger partial charge on any atom is -0.354 e. The van der Waals surface area contributed by atoms with Gasteiger partial charge in [0.05, 0.1) is 0 Å². The zero-order valence-electron chi connectivity index (χ0n) is 14.6. The number of anilines is 2. The van der Waals surface area contributed by atoms with E-state index in [0.717, 1.165) is 22.8 Å². The summed E-state index contributed by atoms with van der Waals surface area (Å²) in [5, 5.41) is 15.6. The molecule has 0 unspecified atom stereocenters. The molecule has 0 bridgehead atoms. The Hall–Kier alpha value is -2.09. The van der Waals surface area contributed by atoms with Crippen molar-refractivity contribution in [1.82, 2.24) is 20.2 Å². The van der Waals surface area contributed by atoms with Gasteiger partial charge in [0.15, 0.2) is 0 Å². The molecule has 2 rings (SSSR count). The van der Waals surface area contributed by atoms with Crippen LogP contribution in [-0.4, -0.2) is 32.6 Å². The zero-order valence-corrected chi connectivity index (χ0v) is 15.4. The van der Waals surface area contributed by atoms with Crippen molar-refractivity contribution in [3.8, 4) is 0 Å². The van der Waals surface area contributed by atoms with Gasteiger partial charge in [-0.2, -0.15) is 0 Å². The highest BCUT2D eigenvalue weighted by Crippen LogP contribution is 2.18. The third-order valence-corrected chi connectivity index (χ3v) is 4.00. The van der Waals surface area contributed by atoms with E-state index in [9.17, 15) is 4.79 Å². The molecule has 130 valence electrons. The Kier molecular flexibility index (Phi) is 6.60. The Labute approximate surface area is 146 Å². The fourth-order valence-corrected chi connectivity index (χ4v) is 3.14. The molecule has 24 heavy (non-hydrogen) atoms. The van der Waals surface area contributed by atoms with E-state index in [2.05, 4.69) is 44.6 Å². The highest BCUT2D eigenvalue weighted by Gasteiger charge is 2.09. The average Bonchev–Trinajstić information content (AvgIpc) is 2.89. The Morgan fingerprint density at radius 2 is 1.92 bits per heavy atom. The van der Waals surface area contributed by atoms with Crippen LogP contribution in [-0.2, 0) is 11.2 Å². The number of aryl methyl sites for hydroxylation is 2. The number of carbonyl (C=O) groups excluding carboxylic acids is 1. The van der Waals surface area contributed by atoms with Gasteiger partial charge in [0, 0.05) is 30.8 Å². The van der Waals surface area contributed by atoms with E-state index in [0.29, 0.717) is 36.4 Å². The summed E-state index contributed by atoms with van der Waals surface area (Å²) < 4.78 is 0. The van der Waals surface area contributed by atoms with E-state index in [1.165, 1.54) is 11.3 Å². The van der Waals surface area contributed by atoms with E-state index in [4.69, 9.17) is 0 Å². The Balaban J connectivity index is 1.70. The second-order valence-electron chi connectivity index (χ2n) is 6.15. The molecule has 0 spiro atoms. The normalized spacial score (nSPS) is 10.9. The summed E-state index contributed by atoms with van der Waals surface area (Å²) in [5.74, 6) is 1.08. The number of nitrogens with zero attached hydrogens (tertiary/aromatic N) is 4. The smallest absolute Gasteiger partial charge is 0.226 e. The predicted octanol–water partition coefficient (Wildman–Crippen LogP) is 2.97. The van der Waals surface area contributed by atoms with Gasteiger partial charge < -0.3 is 10.6 Å². The largest absolute Gasteiger partial charge is 0.354 e. The predicted molar refractivity (Wildman–Crippen MR) is 96.3 cm³/mol. The molecule has 0 fully saturated rings. The van der Waals surface area contributed by atoms with Crippen LogP contribution in [0.25, 0.3) is 0 Å². The lowest BCUT2D eigenvalue weighted by Gasteiger charge is -2.06. The van der Waals surface area contributed by atoms with E-state index in [1.54, 1.807) is 0 Å². The van der Waals surface area contributed by atoms with Gasteiger partial charge >= 0.3 is 0 Å². The lowest BCUT2D eigenvalue weighted by molar-refractivity contribution is -0.116. The quantitative estimate of drug-likeness (QED) is 0.713. The van der Waals surface area contributed by atoms with Gasteiger partial charge in [-0.15, -0.1) is 10.2 Å². The first-order valence-corrected chi connectivity index (χ1v) is 8.92. The highest BCUT2D eigenvalue weighted by molar-refractivity contribution is 7.15. The van der Waals surface area contributed by atoms with Crippen molar-refractivity contribution in [2.45, 2.75) is 47.0 Å². The standard InChI is InChI=1S/C16H24N6OS/c1-10(2)8-14-21-22-16(24-14)20-13(23)6-5-7-17-15-18-11(3)9-12(4)19-15/h9-10H,5-8H2,1-4H3,(H,17,18,19)(H,20,22,23). The Morgan fingerprint density at radius 3 is 2.58 bits per heavy atom. The average molecular weight is 348 g/mol. The molecular weight excluding hydrogens is 324 g/mol. The second kappa shape index (κ2) is 8.68. The first-order chi connectivity index (χ1) is 11.4. The van der Waals surface area contributed by atoms with Crippen LogP contribution in [0.3, 0.4) is 0 Å². The number of rotatable bonds is 8. The van der Waals surface area contributed by atoms with Crippen molar-refractivity contribution in [2.75, 3.05) is 17.2 Å². The molecule has 2 aromatic rings. The third-order valence-electron chi connectivity index (χ3n) is 3.14. The van der Waals surface area contributed by atoms with Crippen LogP contribution in [0.1, 0.15) is 43.1 Å². The van der Waals surface area contributed by atoms with Gasteiger partial charge in [0.2, 0.25) is 17.0 Å². The summed E-state index contributed by atoms with van der Waals surface area (Å²) in [5.41, 5.74) is 1.85. The summed E-state index contributed by atoms with van der Waals surface area (Å²) in [6.07, 6.45) is 1.99. The van der Waals surface area contributed by atoms with E-state index < -0.39 is 0 Å². The third kappa shape index (κ3) is 6.19. The number of amides is 1. The van der Waals surface area contributed by atoms with Crippen LogP contribution in [0.2, 0.25) is 0 Å². The van der Waals surface area contributed by atoms with Crippen LogP contribution in [0.15, 0.2) is 6.07 Å². The number of hydrogen-bond donors (Lipinski definition) is 2. The van der Waals surface area contributed by atoms with Crippen molar-refractivity contribution < 1.29 is 4.79 Å². The van der Waals surface area contributed by atoms with E-state index >= 15 is 0 Å². The lowest BCUT2D eigenvalue weighted by atomic mass is 10.1. The SMILES string of the molecule is Cc1cc(C)nc(NCCCC(=O)Nc2nnc(CC(C)C)s2)n1. The van der Waals surface area contributed by atoms with Crippen molar-refractivity contribution in [3.63, 3.8) is 0 Å². The van der Waals surface area contributed by atoms with Gasteiger partial charge in [-0.05, 0) is 32.3 Å². The van der Waals surface area contributed by atoms with Gasteiger partial charge in [-0.3, -0.25) is 4.79 Å². The minimum absolute atomic E-state index is 0.0506. The second-order valence-corrected chi connectivity index (χ2v) is 7.21. The molecule has 7 nitrogen and oxygen atoms in total. The van der Waals surface area contributed by atoms with Crippen LogP contribution in [0.4, 0.5) is 11.1 Å². The van der Waals surface area contributed by atoms with Crippen molar-refractivity contribution in [3.05, 3.63) is 22.5 Å². The van der Waals surface area contributed by atoms with Crippen molar-refractivity contribution >= 4 is 28.3 Å². The number of nitrogens with one attached hydrogen (secondary N) is 2.